The lowest BCUT2D eigenvalue weighted by molar-refractivity contribution is -0.148. The van der Waals surface area contributed by atoms with E-state index in [1.807, 2.05) is 0 Å². The minimum Gasteiger partial charge on any atom is -0.479 e. The first kappa shape index (κ1) is 22.2. The molecule has 0 aliphatic carbocycles. The lowest BCUT2D eigenvalue weighted by Crippen LogP contribution is -2.47. The van der Waals surface area contributed by atoms with Gasteiger partial charge >= 0.3 is 5.97 Å². The van der Waals surface area contributed by atoms with Gasteiger partial charge in [0.15, 0.2) is 0 Å². The molecule has 0 aliphatic heterocycles. The molecule has 0 saturated heterocycles. The molecule has 8 nitrogen and oxygen atoms in total. The average molecular weight is 415 g/mol. The van der Waals surface area contributed by atoms with Crippen LogP contribution in [0.15, 0.2) is 0 Å². The molecule has 0 radical (unpaired) electrons. The SMILES string of the molecule is CC(C)(COC(Br)C(=O)O)C(O)C(=O)NCCC(=O)NCCS. The number of aliphatic hydroxyl groups is 1. The van der Waals surface area contributed by atoms with Crippen molar-refractivity contribution in [3.63, 3.8) is 0 Å². The molecule has 10 heteroatoms. The Kier molecular flexibility index (Phi) is 10.4. The summed E-state index contributed by atoms with van der Waals surface area (Å²) in [4.78, 5) is 33.9. The second-order valence-corrected chi connectivity index (χ2v) is 6.75. The van der Waals surface area contributed by atoms with Crippen molar-refractivity contribution in [3.8, 4) is 0 Å². The zero-order valence-corrected chi connectivity index (χ0v) is 15.5. The molecule has 0 heterocycles. The van der Waals surface area contributed by atoms with E-state index in [2.05, 4.69) is 39.2 Å². The molecular formula is C13H23BrN2O6S. The van der Waals surface area contributed by atoms with Crippen molar-refractivity contribution < 1.29 is 29.3 Å². The summed E-state index contributed by atoms with van der Waals surface area (Å²) in [6, 6.07) is 0. The van der Waals surface area contributed by atoms with Crippen molar-refractivity contribution in [3.05, 3.63) is 0 Å². The molecule has 2 unspecified atom stereocenters. The maximum absolute atomic E-state index is 11.9. The first-order valence-corrected chi connectivity index (χ1v) is 8.48. The molecule has 0 spiro atoms. The quantitative estimate of drug-likeness (QED) is 0.234. The predicted molar refractivity (Wildman–Crippen MR) is 90.6 cm³/mol. The summed E-state index contributed by atoms with van der Waals surface area (Å²) >= 11 is 6.76. The summed E-state index contributed by atoms with van der Waals surface area (Å²) in [5.74, 6) is -1.55. The summed E-state index contributed by atoms with van der Waals surface area (Å²) < 4.78 is 5.03. The van der Waals surface area contributed by atoms with Crippen LogP contribution < -0.4 is 10.6 Å². The number of thiol groups is 1. The van der Waals surface area contributed by atoms with Gasteiger partial charge in [-0.05, 0) is 15.9 Å². The van der Waals surface area contributed by atoms with E-state index in [0.29, 0.717) is 12.3 Å². The summed E-state index contributed by atoms with van der Waals surface area (Å²) in [6.45, 7) is 3.52. The van der Waals surface area contributed by atoms with Crippen LogP contribution in [0.5, 0.6) is 0 Å². The van der Waals surface area contributed by atoms with Crippen LogP contribution in [0.4, 0.5) is 0 Å². The van der Waals surface area contributed by atoms with Crippen molar-refractivity contribution in [1.82, 2.24) is 10.6 Å². The third-order valence-electron chi connectivity index (χ3n) is 2.87. The number of rotatable bonds is 11. The molecule has 0 aromatic rings. The maximum Gasteiger partial charge on any atom is 0.343 e. The Morgan fingerprint density at radius 2 is 1.87 bits per heavy atom. The summed E-state index contributed by atoms with van der Waals surface area (Å²) in [6.07, 6.45) is -1.32. The van der Waals surface area contributed by atoms with E-state index < -0.39 is 28.4 Å². The number of alkyl halides is 1. The van der Waals surface area contributed by atoms with Gasteiger partial charge in [0.05, 0.1) is 6.61 Å². The number of aliphatic hydroxyl groups excluding tert-OH is 1. The molecule has 0 rings (SSSR count). The molecule has 0 aliphatic rings. The molecule has 0 saturated carbocycles. The maximum atomic E-state index is 11.9. The fraction of sp³-hybridized carbons (Fsp3) is 0.769. The van der Waals surface area contributed by atoms with Crippen LogP contribution in [0.3, 0.4) is 0 Å². The van der Waals surface area contributed by atoms with E-state index in [0.717, 1.165) is 0 Å². The van der Waals surface area contributed by atoms with Crippen molar-refractivity contribution in [2.24, 2.45) is 5.41 Å². The van der Waals surface area contributed by atoms with Crippen molar-refractivity contribution in [2.75, 3.05) is 25.4 Å². The van der Waals surface area contributed by atoms with E-state index >= 15 is 0 Å². The first-order valence-electron chi connectivity index (χ1n) is 6.93. The van der Waals surface area contributed by atoms with Crippen LogP contribution in [0, 0.1) is 5.41 Å². The average Bonchev–Trinajstić information content (AvgIpc) is 2.49. The number of carbonyl (C=O) groups is 3. The lowest BCUT2D eigenvalue weighted by Gasteiger charge is -2.29. The Labute approximate surface area is 148 Å². The number of hydrogen-bond donors (Lipinski definition) is 5. The van der Waals surface area contributed by atoms with E-state index in [9.17, 15) is 19.5 Å². The number of carboxylic acids is 1. The van der Waals surface area contributed by atoms with Crippen LogP contribution in [0.1, 0.15) is 20.3 Å². The third kappa shape index (κ3) is 9.14. The van der Waals surface area contributed by atoms with Crippen LogP contribution in [0.2, 0.25) is 0 Å². The topological polar surface area (TPSA) is 125 Å². The molecule has 2 atom stereocenters. The molecule has 0 aromatic heterocycles. The van der Waals surface area contributed by atoms with Crippen molar-refractivity contribution >= 4 is 46.3 Å². The predicted octanol–water partition coefficient (Wildman–Crippen LogP) is -0.252. The lowest BCUT2D eigenvalue weighted by atomic mass is 9.87. The monoisotopic (exact) mass is 414 g/mol. The van der Waals surface area contributed by atoms with Crippen LogP contribution in [-0.4, -0.2) is 64.6 Å². The van der Waals surface area contributed by atoms with E-state index in [1.165, 1.54) is 0 Å². The summed E-state index contributed by atoms with van der Waals surface area (Å²) in [5, 5.41) is 22.6. The smallest absolute Gasteiger partial charge is 0.343 e. The van der Waals surface area contributed by atoms with Gasteiger partial charge in [-0.3, -0.25) is 9.59 Å². The Balaban J connectivity index is 4.24. The van der Waals surface area contributed by atoms with Gasteiger partial charge in [0.1, 0.15) is 6.10 Å². The zero-order valence-electron chi connectivity index (χ0n) is 13.0. The Bertz CT molecular complexity index is 421. The third-order valence-corrected chi connectivity index (χ3v) is 3.75. The highest BCUT2D eigenvalue weighted by atomic mass is 79.9. The van der Waals surface area contributed by atoms with Crippen LogP contribution in [-0.2, 0) is 19.1 Å². The molecule has 134 valence electrons. The molecule has 2 amide bonds. The Hall–Kier alpha value is -0.840. The molecule has 23 heavy (non-hydrogen) atoms. The number of carbonyl (C=O) groups excluding carboxylic acids is 2. The minimum atomic E-state index is -1.41. The van der Waals surface area contributed by atoms with Crippen molar-refractivity contribution in [2.45, 2.75) is 31.4 Å². The van der Waals surface area contributed by atoms with Crippen LogP contribution >= 0.6 is 28.6 Å². The number of hydrogen-bond acceptors (Lipinski definition) is 6. The highest BCUT2D eigenvalue weighted by Gasteiger charge is 2.35. The minimum absolute atomic E-state index is 0.0848. The van der Waals surface area contributed by atoms with Gasteiger partial charge in [0.2, 0.25) is 16.8 Å². The standard InChI is InChI=1S/C13H23BrN2O6S/c1-13(2,7-22-10(14)12(20)21)9(18)11(19)16-4-3-8(17)15-5-6-23/h9-10,18,23H,3-7H2,1-2H3,(H,15,17)(H,16,19)(H,20,21). The van der Waals surface area contributed by atoms with E-state index in [-0.39, 0.29) is 25.5 Å². The highest BCUT2D eigenvalue weighted by molar-refractivity contribution is 9.09. The van der Waals surface area contributed by atoms with E-state index in [1.54, 1.807) is 13.8 Å². The number of carboxylic acid groups (broad SMARTS) is 1. The number of amides is 2. The van der Waals surface area contributed by atoms with E-state index in [4.69, 9.17) is 9.84 Å². The van der Waals surface area contributed by atoms with Gasteiger partial charge in [-0.25, -0.2) is 4.79 Å². The second kappa shape index (κ2) is 10.8. The highest BCUT2D eigenvalue weighted by Crippen LogP contribution is 2.23. The molecule has 0 bridgehead atoms. The molecule has 4 N–H and O–H groups in total. The Morgan fingerprint density at radius 1 is 1.26 bits per heavy atom. The largest absolute Gasteiger partial charge is 0.479 e. The molecule has 0 fully saturated rings. The number of ether oxygens (including phenoxy) is 1. The van der Waals surface area contributed by atoms with Gasteiger partial charge in [0.25, 0.3) is 0 Å². The zero-order chi connectivity index (χ0) is 18.0. The second-order valence-electron chi connectivity index (χ2n) is 5.47. The van der Waals surface area contributed by atoms with Crippen LogP contribution in [0.25, 0.3) is 0 Å². The van der Waals surface area contributed by atoms with Crippen molar-refractivity contribution in [1.29, 1.82) is 0 Å². The fourth-order valence-corrected chi connectivity index (χ4v) is 1.72. The number of halogens is 1. The Morgan fingerprint density at radius 3 is 2.39 bits per heavy atom. The van der Waals surface area contributed by atoms with Gasteiger partial charge < -0.3 is 25.6 Å². The molecule has 0 aromatic carbocycles. The molecular weight excluding hydrogens is 392 g/mol. The van der Waals surface area contributed by atoms with Gasteiger partial charge in [-0.1, -0.05) is 13.8 Å². The number of nitrogens with one attached hydrogen (secondary N) is 2. The summed E-state index contributed by atoms with van der Waals surface area (Å²) in [7, 11) is 0. The van der Waals surface area contributed by atoms with Gasteiger partial charge in [0, 0.05) is 30.7 Å². The normalized spacial score (nSPS) is 14.0. The first-order chi connectivity index (χ1) is 10.6. The fourth-order valence-electron chi connectivity index (χ4n) is 1.47. The van der Waals surface area contributed by atoms with Gasteiger partial charge in [-0.15, -0.1) is 0 Å². The number of aliphatic carboxylic acids is 1. The van der Waals surface area contributed by atoms with Gasteiger partial charge in [-0.2, -0.15) is 12.6 Å². The summed E-state index contributed by atoms with van der Waals surface area (Å²) in [5.41, 5.74) is -1.00.